The Morgan fingerprint density at radius 1 is 1.54 bits per heavy atom. The summed E-state index contributed by atoms with van der Waals surface area (Å²) in [6.45, 7) is 0.613. The summed E-state index contributed by atoms with van der Waals surface area (Å²) in [5, 5.41) is 11.0. The molecule has 5 nitrogen and oxygen atoms in total. The van der Waals surface area contributed by atoms with Gasteiger partial charge in [-0.1, -0.05) is 22.6 Å². The number of carboxylic acids is 1. The first-order valence-electron chi connectivity index (χ1n) is 3.89. The van der Waals surface area contributed by atoms with Gasteiger partial charge in [-0.25, -0.2) is 0 Å². The summed E-state index contributed by atoms with van der Waals surface area (Å²) in [4.78, 5) is 21.2. The zero-order valence-electron chi connectivity index (χ0n) is 7.12. The van der Waals surface area contributed by atoms with E-state index in [4.69, 9.17) is 10.8 Å². The number of hydrogen-bond donors (Lipinski definition) is 3. The smallest absolute Gasteiger partial charge is 0.320 e. The second-order valence-corrected chi connectivity index (χ2v) is 3.60. The van der Waals surface area contributed by atoms with Gasteiger partial charge >= 0.3 is 5.97 Å². The summed E-state index contributed by atoms with van der Waals surface area (Å²) in [6.07, 6.45) is 0.354. The molecule has 76 valence electrons. The number of carbonyl (C=O) groups excluding carboxylic acids is 1. The van der Waals surface area contributed by atoms with Gasteiger partial charge in [0, 0.05) is 17.4 Å². The molecule has 0 saturated carbocycles. The van der Waals surface area contributed by atoms with Crippen LogP contribution in [0.15, 0.2) is 0 Å². The van der Waals surface area contributed by atoms with Crippen molar-refractivity contribution < 1.29 is 14.7 Å². The molecule has 13 heavy (non-hydrogen) atoms. The van der Waals surface area contributed by atoms with Crippen LogP contribution < -0.4 is 11.1 Å². The molecule has 0 radical (unpaired) electrons. The van der Waals surface area contributed by atoms with E-state index in [0.29, 0.717) is 6.54 Å². The summed E-state index contributed by atoms with van der Waals surface area (Å²) in [5.74, 6) is -1.21. The number of nitrogens with one attached hydrogen (secondary N) is 1. The Balaban J connectivity index is 3.52. The van der Waals surface area contributed by atoms with E-state index in [9.17, 15) is 9.59 Å². The predicted octanol–water partition coefficient (Wildman–Crippen LogP) is -0.270. The minimum absolute atomic E-state index is 0.145. The monoisotopic (exact) mass is 300 g/mol. The summed E-state index contributed by atoms with van der Waals surface area (Å²) >= 11 is 2.14. The highest BCUT2D eigenvalue weighted by Crippen LogP contribution is 1.94. The lowest BCUT2D eigenvalue weighted by Gasteiger charge is -2.05. The van der Waals surface area contributed by atoms with Gasteiger partial charge in [-0.15, -0.1) is 0 Å². The third-order valence-corrected chi connectivity index (χ3v) is 1.96. The molecule has 0 aromatic rings. The lowest BCUT2D eigenvalue weighted by molar-refractivity contribution is -0.138. The van der Waals surface area contributed by atoms with Gasteiger partial charge in [0.25, 0.3) is 0 Å². The molecule has 6 heteroatoms. The first kappa shape index (κ1) is 12.6. The number of alkyl halides is 1. The fourth-order valence-electron chi connectivity index (χ4n) is 0.685. The number of nitrogens with two attached hydrogens (primary N) is 1. The quantitative estimate of drug-likeness (QED) is 0.465. The highest BCUT2D eigenvalue weighted by Gasteiger charge is 2.12. The summed E-state index contributed by atoms with van der Waals surface area (Å²) < 4.78 is 0.842. The van der Waals surface area contributed by atoms with Crippen molar-refractivity contribution in [1.82, 2.24) is 5.32 Å². The van der Waals surface area contributed by atoms with E-state index in [2.05, 4.69) is 27.9 Å². The molecule has 0 unspecified atom stereocenters. The molecule has 0 aliphatic carbocycles. The standard InChI is InChI=1S/C7H13IN2O3/c8-3-4-10-6(11)2-1-5(9)7(12)13/h5H,1-4,9H2,(H,10,11)(H,12,13)/t5-/m0/s1. The van der Waals surface area contributed by atoms with E-state index < -0.39 is 12.0 Å². The Bertz CT molecular complexity index is 187. The molecule has 0 fully saturated rings. The van der Waals surface area contributed by atoms with Crippen LogP contribution in [0.25, 0.3) is 0 Å². The van der Waals surface area contributed by atoms with Gasteiger partial charge in [0.15, 0.2) is 0 Å². The molecule has 0 aliphatic heterocycles. The number of aliphatic carboxylic acids is 1. The fourth-order valence-corrected chi connectivity index (χ4v) is 0.955. The van der Waals surface area contributed by atoms with Crippen LogP contribution >= 0.6 is 22.6 Å². The minimum Gasteiger partial charge on any atom is -0.480 e. The van der Waals surface area contributed by atoms with Crippen molar-refractivity contribution in [2.75, 3.05) is 11.0 Å². The predicted molar refractivity (Wildman–Crippen MR) is 56.7 cm³/mol. The number of halogens is 1. The van der Waals surface area contributed by atoms with Gasteiger partial charge in [0.2, 0.25) is 5.91 Å². The zero-order valence-corrected chi connectivity index (χ0v) is 9.28. The maximum atomic E-state index is 11.0. The van der Waals surface area contributed by atoms with E-state index >= 15 is 0 Å². The first-order chi connectivity index (χ1) is 6.07. The highest BCUT2D eigenvalue weighted by atomic mass is 127. The third-order valence-electron chi connectivity index (χ3n) is 1.42. The second kappa shape index (κ2) is 7.07. The fraction of sp³-hybridized carbons (Fsp3) is 0.714. The van der Waals surface area contributed by atoms with Gasteiger partial charge < -0.3 is 16.2 Å². The molecule has 0 rings (SSSR count). The highest BCUT2D eigenvalue weighted by molar-refractivity contribution is 14.1. The number of amides is 1. The molecule has 4 N–H and O–H groups in total. The minimum atomic E-state index is -1.07. The van der Waals surface area contributed by atoms with Crippen molar-refractivity contribution in [2.24, 2.45) is 5.73 Å². The van der Waals surface area contributed by atoms with Crippen molar-refractivity contribution in [1.29, 1.82) is 0 Å². The second-order valence-electron chi connectivity index (χ2n) is 2.52. The van der Waals surface area contributed by atoms with Gasteiger partial charge in [-0.05, 0) is 6.42 Å². The molecule has 0 spiro atoms. The molecule has 0 aromatic heterocycles. The first-order valence-corrected chi connectivity index (χ1v) is 5.41. The van der Waals surface area contributed by atoms with Crippen LogP contribution in [-0.2, 0) is 9.59 Å². The van der Waals surface area contributed by atoms with Crippen LogP contribution in [0.4, 0.5) is 0 Å². The molecule has 0 heterocycles. The van der Waals surface area contributed by atoms with Crippen molar-refractivity contribution in [3.63, 3.8) is 0 Å². The average Bonchev–Trinajstić information content (AvgIpc) is 2.10. The Morgan fingerprint density at radius 3 is 2.62 bits per heavy atom. The lowest BCUT2D eigenvalue weighted by Crippen LogP contribution is -2.33. The number of rotatable bonds is 6. The Morgan fingerprint density at radius 2 is 2.15 bits per heavy atom. The maximum Gasteiger partial charge on any atom is 0.320 e. The maximum absolute atomic E-state index is 11.0. The van der Waals surface area contributed by atoms with Crippen molar-refractivity contribution in [3.05, 3.63) is 0 Å². The van der Waals surface area contributed by atoms with Crippen LogP contribution in [-0.4, -0.2) is 34.0 Å². The van der Waals surface area contributed by atoms with Crippen LogP contribution in [0.3, 0.4) is 0 Å². The number of hydrogen-bond acceptors (Lipinski definition) is 3. The normalized spacial score (nSPS) is 12.2. The van der Waals surface area contributed by atoms with E-state index in [0.717, 1.165) is 4.43 Å². The summed E-state index contributed by atoms with van der Waals surface area (Å²) in [5.41, 5.74) is 5.21. The van der Waals surface area contributed by atoms with Crippen LogP contribution in [0.2, 0.25) is 0 Å². The lowest BCUT2D eigenvalue weighted by atomic mass is 10.1. The zero-order chi connectivity index (χ0) is 10.3. The molecule has 1 amide bonds. The third kappa shape index (κ3) is 6.76. The van der Waals surface area contributed by atoms with Crippen molar-refractivity contribution in [2.45, 2.75) is 18.9 Å². The van der Waals surface area contributed by atoms with Crippen LogP contribution in [0.1, 0.15) is 12.8 Å². The largest absolute Gasteiger partial charge is 0.480 e. The molecule has 0 aromatic carbocycles. The Hall–Kier alpha value is -0.370. The van der Waals surface area contributed by atoms with Crippen molar-refractivity contribution in [3.8, 4) is 0 Å². The number of carbonyl (C=O) groups is 2. The van der Waals surface area contributed by atoms with Crippen LogP contribution in [0, 0.1) is 0 Å². The average molecular weight is 300 g/mol. The van der Waals surface area contributed by atoms with E-state index in [1.165, 1.54) is 0 Å². The van der Waals surface area contributed by atoms with E-state index in [-0.39, 0.29) is 18.7 Å². The molecule has 0 aliphatic rings. The Kier molecular flexibility index (Phi) is 6.87. The van der Waals surface area contributed by atoms with Gasteiger partial charge in [-0.2, -0.15) is 0 Å². The van der Waals surface area contributed by atoms with E-state index in [1.807, 2.05) is 0 Å². The summed E-state index contributed by atoms with van der Waals surface area (Å²) in [7, 11) is 0. The molecular weight excluding hydrogens is 287 g/mol. The van der Waals surface area contributed by atoms with E-state index in [1.54, 1.807) is 0 Å². The molecule has 1 atom stereocenters. The van der Waals surface area contributed by atoms with Gasteiger partial charge in [0.1, 0.15) is 6.04 Å². The molecular formula is C7H13IN2O3. The van der Waals surface area contributed by atoms with Gasteiger partial charge in [0.05, 0.1) is 0 Å². The van der Waals surface area contributed by atoms with Crippen LogP contribution in [0.5, 0.6) is 0 Å². The topological polar surface area (TPSA) is 92.4 Å². The summed E-state index contributed by atoms with van der Waals surface area (Å²) in [6, 6.07) is -0.939. The Labute approximate surface area is 90.2 Å². The van der Waals surface area contributed by atoms with Crippen molar-refractivity contribution >= 4 is 34.5 Å². The number of carboxylic acid groups (broad SMARTS) is 1. The molecule has 0 bridgehead atoms. The SMILES string of the molecule is N[C@@H](CCC(=O)NCCI)C(=O)O. The molecule has 0 saturated heterocycles. The van der Waals surface area contributed by atoms with Gasteiger partial charge in [-0.3, -0.25) is 9.59 Å².